The van der Waals surface area contributed by atoms with Gasteiger partial charge in [-0.05, 0) is 0 Å². The van der Waals surface area contributed by atoms with Gasteiger partial charge in [0, 0.05) is 12.0 Å². The van der Waals surface area contributed by atoms with Gasteiger partial charge >= 0.3 is 11.4 Å². The maximum absolute atomic E-state index is 11.0. The Hall–Kier alpha value is -0.0600. The van der Waals surface area contributed by atoms with E-state index in [0.717, 1.165) is 5.56 Å². The third-order valence-electron chi connectivity index (χ3n) is 2.63. The van der Waals surface area contributed by atoms with Crippen LogP contribution in [0.3, 0.4) is 0 Å². The molecule has 0 radical (unpaired) electrons. The van der Waals surface area contributed by atoms with Crippen molar-refractivity contribution in [3.05, 3.63) is 35.9 Å². The molecule has 1 aliphatic rings. The zero-order valence-electron chi connectivity index (χ0n) is 9.54. The first-order chi connectivity index (χ1) is 8.77. The Morgan fingerprint density at radius 3 is 2.56 bits per heavy atom. The van der Waals surface area contributed by atoms with Crippen LogP contribution in [0.15, 0.2) is 30.3 Å². The minimum Gasteiger partial charge on any atom is -0.343 e. The van der Waals surface area contributed by atoms with E-state index >= 15 is 0 Å². The third kappa shape index (κ3) is 3.49. The monoisotopic (exact) mass is 384 g/mol. The Morgan fingerprint density at radius 1 is 1.28 bits per heavy atom. The zero-order valence-corrected chi connectivity index (χ0v) is 12.5. The highest BCUT2D eigenvalue weighted by molar-refractivity contribution is 14.1. The Morgan fingerprint density at radius 2 is 1.94 bits per heavy atom. The summed E-state index contributed by atoms with van der Waals surface area (Å²) in [5, 5.41) is 0. The number of hydrogen-bond acceptors (Lipinski definition) is 5. The van der Waals surface area contributed by atoms with Gasteiger partial charge in [-0.1, -0.05) is 30.3 Å². The smallest absolute Gasteiger partial charge is 0.314 e. The van der Waals surface area contributed by atoms with Crippen LogP contribution in [-0.4, -0.2) is 24.0 Å². The molecule has 1 aliphatic heterocycles. The molecule has 1 unspecified atom stereocenters. The summed E-state index contributed by atoms with van der Waals surface area (Å²) in [5.41, 5.74) is 0.937. The summed E-state index contributed by atoms with van der Waals surface area (Å²) < 4.78 is 31.9. The van der Waals surface area contributed by atoms with Crippen molar-refractivity contribution in [3.8, 4) is 0 Å². The lowest BCUT2D eigenvalue weighted by Crippen LogP contribution is -2.29. The number of rotatable bonds is 6. The molecule has 0 N–H and O–H groups in total. The van der Waals surface area contributed by atoms with Gasteiger partial charge < -0.3 is 9.47 Å². The first-order valence-corrected chi connectivity index (χ1v) is 7.32. The lowest BCUT2D eigenvalue weighted by Gasteiger charge is -2.27. The molecule has 0 bridgehead atoms. The van der Waals surface area contributed by atoms with E-state index in [-0.39, 0.29) is 6.61 Å². The molecule has 0 aliphatic carbocycles. The van der Waals surface area contributed by atoms with Crippen LogP contribution in [0.4, 0.5) is 0 Å². The summed E-state index contributed by atoms with van der Waals surface area (Å²) in [6.45, 7) is 1.31. The van der Waals surface area contributed by atoms with Crippen molar-refractivity contribution in [1.29, 1.82) is 0 Å². The average molecular weight is 384 g/mol. The summed E-state index contributed by atoms with van der Waals surface area (Å²) >= 11 is -0.197. The highest BCUT2D eigenvalue weighted by atomic mass is 127. The van der Waals surface area contributed by atoms with Gasteiger partial charge in [0.05, 0.1) is 19.8 Å². The van der Waals surface area contributed by atoms with Crippen LogP contribution in [0, 0.1) is 0 Å². The van der Waals surface area contributed by atoms with Crippen molar-refractivity contribution in [2.24, 2.45) is 0 Å². The summed E-state index contributed by atoms with van der Waals surface area (Å²) in [6.07, 6.45) is 0.461. The van der Waals surface area contributed by atoms with Gasteiger partial charge in [0.1, 0.15) is 23.0 Å². The molecule has 1 saturated heterocycles. The van der Waals surface area contributed by atoms with Crippen LogP contribution in [0.1, 0.15) is 12.0 Å². The topological polar surface area (TPSA) is 54.0 Å². The van der Waals surface area contributed by atoms with Crippen molar-refractivity contribution >= 4 is 34.4 Å². The second kappa shape index (κ2) is 6.92. The van der Waals surface area contributed by atoms with E-state index in [0.29, 0.717) is 19.6 Å². The molecule has 1 aromatic rings. The van der Waals surface area contributed by atoms with E-state index in [1.165, 1.54) is 23.0 Å². The second-order valence-electron chi connectivity index (χ2n) is 3.65. The molecule has 5 nitrogen and oxygen atoms in total. The summed E-state index contributed by atoms with van der Waals surface area (Å²) in [4.78, 5) is 0. The number of halogens is 1. The van der Waals surface area contributed by atoms with E-state index in [4.69, 9.17) is 13.7 Å². The van der Waals surface area contributed by atoms with E-state index in [2.05, 4.69) is 2.51 Å². The van der Waals surface area contributed by atoms with E-state index in [1.54, 1.807) is 0 Å². The molecule has 0 amide bonds. The highest BCUT2D eigenvalue weighted by Gasteiger charge is 2.38. The van der Waals surface area contributed by atoms with E-state index in [1.807, 2.05) is 30.3 Å². The summed E-state index contributed by atoms with van der Waals surface area (Å²) in [7, 11) is 0. The predicted molar refractivity (Wildman–Crippen MR) is 73.8 cm³/mol. The minimum atomic E-state index is -1.73. The van der Waals surface area contributed by atoms with Gasteiger partial charge in [0.15, 0.2) is 5.79 Å². The van der Waals surface area contributed by atoms with Crippen molar-refractivity contribution in [3.63, 3.8) is 0 Å². The van der Waals surface area contributed by atoms with E-state index < -0.39 is 17.1 Å². The number of hydrogen-bond donors (Lipinski definition) is 0. The molecule has 2 rings (SSSR count). The molecule has 100 valence electrons. The highest BCUT2D eigenvalue weighted by Crippen LogP contribution is 2.34. The van der Waals surface area contributed by atoms with Crippen LogP contribution in [0.2, 0.25) is 0 Å². The molecule has 0 saturated carbocycles. The van der Waals surface area contributed by atoms with Gasteiger partial charge in [-0.3, -0.25) is 4.18 Å². The minimum absolute atomic E-state index is 0.227. The predicted octanol–water partition coefficient (Wildman–Crippen LogP) is 2.24. The largest absolute Gasteiger partial charge is 0.343 e. The zero-order chi connectivity index (χ0) is 12.8. The average Bonchev–Trinajstić information content (AvgIpc) is 2.89. The lowest BCUT2D eigenvalue weighted by molar-refractivity contribution is -0.174. The SMILES string of the molecule is O=S(OI)OCCC1(c2ccccc2)OCCO1. The first kappa shape index (κ1) is 14.4. The fraction of sp³-hybridized carbons (Fsp3) is 0.455. The molecule has 0 aromatic heterocycles. The molecular weight excluding hydrogens is 371 g/mol. The Kier molecular flexibility index (Phi) is 5.52. The van der Waals surface area contributed by atoms with Gasteiger partial charge in [-0.2, -0.15) is 6.72 Å². The number of benzene rings is 1. The maximum Gasteiger partial charge on any atom is 0.314 e. The normalized spacial score (nSPS) is 19.8. The molecule has 1 atom stereocenters. The lowest BCUT2D eigenvalue weighted by atomic mass is 10.0. The van der Waals surface area contributed by atoms with Gasteiger partial charge in [0.25, 0.3) is 0 Å². The van der Waals surface area contributed by atoms with Gasteiger partial charge in [-0.25, -0.2) is 0 Å². The molecule has 1 aromatic carbocycles. The fourth-order valence-corrected chi connectivity index (χ4v) is 2.43. The van der Waals surface area contributed by atoms with Crippen LogP contribution in [0.25, 0.3) is 0 Å². The van der Waals surface area contributed by atoms with Crippen molar-refractivity contribution in [2.45, 2.75) is 12.2 Å². The second-order valence-corrected chi connectivity index (χ2v) is 5.50. The molecule has 0 spiro atoms. The Balaban J connectivity index is 2.02. The molecule has 1 heterocycles. The van der Waals surface area contributed by atoms with Gasteiger partial charge in [0.2, 0.25) is 0 Å². The standard InChI is InChI=1S/C11H13IO5S/c12-17-18(13)16-7-6-11(14-8-9-15-11)10-4-2-1-3-5-10/h1-5H,6-9H2. The molecule has 7 heteroatoms. The Bertz CT molecular complexity index is 394. The van der Waals surface area contributed by atoms with E-state index in [9.17, 15) is 4.21 Å². The summed E-state index contributed by atoms with van der Waals surface area (Å²) in [6, 6.07) is 9.67. The third-order valence-corrected chi connectivity index (χ3v) is 3.97. The first-order valence-electron chi connectivity index (χ1n) is 5.44. The van der Waals surface area contributed by atoms with Crippen molar-refractivity contribution in [1.82, 2.24) is 0 Å². The van der Waals surface area contributed by atoms with Crippen LogP contribution < -0.4 is 0 Å². The Labute approximate surface area is 122 Å². The summed E-state index contributed by atoms with van der Waals surface area (Å²) in [5.74, 6) is -0.795. The van der Waals surface area contributed by atoms with Crippen LogP contribution in [-0.2, 0) is 33.3 Å². The number of ether oxygens (including phenoxy) is 2. The van der Waals surface area contributed by atoms with Gasteiger partial charge in [-0.15, -0.1) is 0 Å². The molecular formula is C11H13IO5S. The van der Waals surface area contributed by atoms with Crippen molar-refractivity contribution in [2.75, 3.05) is 19.8 Å². The fourth-order valence-electron chi connectivity index (χ4n) is 1.86. The quantitative estimate of drug-likeness (QED) is 0.705. The van der Waals surface area contributed by atoms with Crippen molar-refractivity contribution < 1.29 is 20.4 Å². The molecule has 1 fully saturated rings. The van der Waals surface area contributed by atoms with Crippen LogP contribution in [0.5, 0.6) is 0 Å². The molecule has 18 heavy (non-hydrogen) atoms. The van der Waals surface area contributed by atoms with Crippen LogP contribution >= 0.6 is 23.0 Å². The maximum atomic E-state index is 11.0.